The summed E-state index contributed by atoms with van der Waals surface area (Å²) in [5.41, 5.74) is 2.82. The number of unbranched alkanes of at least 4 members (excludes halogenated alkanes) is 8. The van der Waals surface area contributed by atoms with Gasteiger partial charge in [-0.15, -0.1) is 15.8 Å². The van der Waals surface area contributed by atoms with E-state index in [1.807, 2.05) is 0 Å². The van der Waals surface area contributed by atoms with Crippen LogP contribution in [0.25, 0.3) is 0 Å². The van der Waals surface area contributed by atoms with E-state index in [1.165, 1.54) is 125 Å². The number of rotatable bonds is 20. The molecule has 1 rings (SSSR count). The molecule has 1 N–H and O–H groups in total. The Labute approximate surface area is 197 Å². The molecule has 1 nitrogen and oxygen atoms in total. The standard InChI is InChI=1S/C28H52OP2/c1-5-9-13-17-30(18-14-10-6-2)24-26-21-27(23-28(29)22-26)25-31(19-15-11-7-3)20-16-12-8-4/h21-23,29H,5-20,24-25H2,1-4H3. The smallest absolute Gasteiger partial charge is 0.116 e. The van der Waals surface area contributed by atoms with Gasteiger partial charge >= 0.3 is 0 Å². The lowest BCUT2D eigenvalue weighted by Gasteiger charge is -2.21. The highest BCUT2D eigenvalue weighted by molar-refractivity contribution is 7.57. The summed E-state index contributed by atoms with van der Waals surface area (Å²) >= 11 is 0. The zero-order valence-corrected chi connectivity index (χ0v) is 23.1. The molecule has 0 aliphatic rings. The van der Waals surface area contributed by atoms with Crippen molar-refractivity contribution in [2.24, 2.45) is 0 Å². The van der Waals surface area contributed by atoms with E-state index in [-0.39, 0.29) is 15.8 Å². The average molecular weight is 467 g/mol. The molecule has 0 heterocycles. The molecule has 0 radical (unpaired) electrons. The Morgan fingerprint density at radius 1 is 0.516 bits per heavy atom. The van der Waals surface area contributed by atoms with E-state index in [2.05, 4.69) is 45.9 Å². The SMILES string of the molecule is CCCCCP(CCCCC)Cc1cc(O)cc(CP(CCCCC)CCCCC)c1. The van der Waals surface area contributed by atoms with Crippen molar-refractivity contribution < 1.29 is 5.11 Å². The fourth-order valence-corrected chi connectivity index (χ4v) is 9.48. The first-order chi connectivity index (χ1) is 15.1. The highest BCUT2D eigenvalue weighted by Crippen LogP contribution is 2.45. The molecule has 0 spiro atoms. The number of hydrogen-bond donors (Lipinski definition) is 1. The van der Waals surface area contributed by atoms with Crippen LogP contribution in [0.2, 0.25) is 0 Å². The van der Waals surface area contributed by atoms with E-state index in [9.17, 15) is 5.11 Å². The van der Waals surface area contributed by atoms with Crippen molar-refractivity contribution in [2.75, 3.05) is 24.6 Å². The Morgan fingerprint density at radius 3 is 1.13 bits per heavy atom. The number of phenols is 1. The second-order valence-electron chi connectivity index (χ2n) is 9.39. The van der Waals surface area contributed by atoms with Crippen LogP contribution >= 0.6 is 15.8 Å². The van der Waals surface area contributed by atoms with E-state index in [4.69, 9.17) is 0 Å². The topological polar surface area (TPSA) is 20.2 Å². The minimum absolute atomic E-state index is 0.0656. The third-order valence-corrected chi connectivity index (χ3v) is 11.6. The number of aromatic hydroxyl groups is 1. The maximum Gasteiger partial charge on any atom is 0.116 e. The lowest BCUT2D eigenvalue weighted by atomic mass is 10.1. The Morgan fingerprint density at radius 2 is 0.839 bits per heavy atom. The minimum atomic E-state index is 0.0656. The number of hydrogen-bond acceptors (Lipinski definition) is 1. The summed E-state index contributed by atoms with van der Waals surface area (Å²) in [6.07, 6.45) is 24.4. The van der Waals surface area contributed by atoms with Gasteiger partial charge in [0.2, 0.25) is 0 Å². The van der Waals surface area contributed by atoms with Gasteiger partial charge in [0, 0.05) is 0 Å². The van der Waals surface area contributed by atoms with E-state index in [1.54, 1.807) is 0 Å². The summed E-state index contributed by atoms with van der Waals surface area (Å²) in [5.74, 6) is 0.502. The minimum Gasteiger partial charge on any atom is -0.508 e. The fraction of sp³-hybridized carbons (Fsp3) is 0.786. The second kappa shape index (κ2) is 19.4. The summed E-state index contributed by atoms with van der Waals surface area (Å²) in [7, 11) is 0.131. The second-order valence-corrected chi connectivity index (χ2v) is 14.5. The van der Waals surface area contributed by atoms with Crippen LogP contribution in [0.15, 0.2) is 18.2 Å². The van der Waals surface area contributed by atoms with Crippen LogP contribution in [-0.4, -0.2) is 29.8 Å². The largest absolute Gasteiger partial charge is 0.508 e. The van der Waals surface area contributed by atoms with Gasteiger partial charge in [0.05, 0.1) is 0 Å². The predicted octanol–water partition coefficient (Wildman–Crippen LogP) is 10.1. The molecule has 0 unspecified atom stereocenters. The number of phenolic OH excluding ortho intramolecular Hbond substituents is 1. The first kappa shape index (κ1) is 28.9. The molecule has 0 saturated carbocycles. The van der Waals surface area contributed by atoms with Crippen molar-refractivity contribution in [3.63, 3.8) is 0 Å². The molecule has 0 atom stereocenters. The molecule has 1 aromatic carbocycles. The van der Waals surface area contributed by atoms with Gasteiger partial charge < -0.3 is 5.11 Å². The van der Waals surface area contributed by atoms with E-state index >= 15 is 0 Å². The zero-order chi connectivity index (χ0) is 22.7. The summed E-state index contributed by atoms with van der Waals surface area (Å²) in [6, 6.07) is 6.59. The Bertz CT molecular complexity index is 482. The molecule has 0 aliphatic carbocycles. The zero-order valence-electron chi connectivity index (χ0n) is 21.3. The normalized spacial score (nSPS) is 11.7. The molecule has 3 heteroatoms. The molecule has 0 bridgehead atoms. The van der Waals surface area contributed by atoms with Crippen LogP contribution in [-0.2, 0) is 12.3 Å². The van der Waals surface area contributed by atoms with Crippen LogP contribution < -0.4 is 0 Å². The van der Waals surface area contributed by atoms with E-state index < -0.39 is 0 Å². The third kappa shape index (κ3) is 14.6. The van der Waals surface area contributed by atoms with Gasteiger partial charge in [-0.25, -0.2) is 0 Å². The highest BCUT2D eigenvalue weighted by Gasteiger charge is 2.13. The predicted molar refractivity (Wildman–Crippen MR) is 147 cm³/mol. The number of benzene rings is 1. The quantitative estimate of drug-likeness (QED) is 0.150. The first-order valence-electron chi connectivity index (χ1n) is 13.4. The van der Waals surface area contributed by atoms with Gasteiger partial charge in [-0.2, -0.15) is 0 Å². The Hall–Kier alpha value is -0.120. The van der Waals surface area contributed by atoms with Crippen molar-refractivity contribution in [1.29, 1.82) is 0 Å². The van der Waals surface area contributed by atoms with Crippen molar-refractivity contribution >= 4 is 15.8 Å². The van der Waals surface area contributed by atoms with Crippen molar-refractivity contribution in [3.8, 4) is 5.75 Å². The van der Waals surface area contributed by atoms with Gasteiger partial charge in [-0.05, 0) is 85.9 Å². The molecule has 0 amide bonds. The van der Waals surface area contributed by atoms with Crippen molar-refractivity contribution in [3.05, 3.63) is 29.3 Å². The Balaban J connectivity index is 2.79. The molecule has 0 saturated heterocycles. The molecule has 31 heavy (non-hydrogen) atoms. The third-order valence-electron chi connectivity index (χ3n) is 6.16. The summed E-state index contributed by atoms with van der Waals surface area (Å²) < 4.78 is 0. The highest BCUT2D eigenvalue weighted by atomic mass is 31.1. The van der Waals surface area contributed by atoms with Gasteiger partial charge in [0.1, 0.15) is 5.75 Å². The van der Waals surface area contributed by atoms with Crippen LogP contribution in [0.4, 0.5) is 0 Å². The lowest BCUT2D eigenvalue weighted by molar-refractivity contribution is 0.474. The van der Waals surface area contributed by atoms with E-state index in [0.717, 1.165) is 0 Å². The monoisotopic (exact) mass is 466 g/mol. The van der Waals surface area contributed by atoms with Gasteiger partial charge in [-0.3, -0.25) is 0 Å². The van der Waals surface area contributed by atoms with Crippen molar-refractivity contribution in [2.45, 2.75) is 117 Å². The Kier molecular flexibility index (Phi) is 18.1. The van der Waals surface area contributed by atoms with E-state index in [0.29, 0.717) is 5.75 Å². The molecule has 180 valence electrons. The van der Waals surface area contributed by atoms with Crippen LogP contribution in [0.3, 0.4) is 0 Å². The first-order valence-corrected chi connectivity index (χ1v) is 17.2. The van der Waals surface area contributed by atoms with Crippen LogP contribution in [0.1, 0.15) is 116 Å². The molecule has 0 fully saturated rings. The van der Waals surface area contributed by atoms with Gasteiger partial charge in [-0.1, -0.05) is 85.1 Å². The average Bonchev–Trinajstić information content (AvgIpc) is 2.73. The molecular weight excluding hydrogens is 414 g/mol. The van der Waals surface area contributed by atoms with Gasteiger partial charge in [0.25, 0.3) is 0 Å². The van der Waals surface area contributed by atoms with Crippen LogP contribution in [0, 0.1) is 0 Å². The van der Waals surface area contributed by atoms with Crippen LogP contribution in [0.5, 0.6) is 5.75 Å². The molecule has 0 aromatic heterocycles. The molecular formula is C28H52OP2. The fourth-order valence-electron chi connectivity index (χ4n) is 4.32. The van der Waals surface area contributed by atoms with Crippen molar-refractivity contribution in [1.82, 2.24) is 0 Å². The summed E-state index contributed by atoms with van der Waals surface area (Å²) in [6.45, 7) is 9.22. The summed E-state index contributed by atoms with van der Waals surface area (Å²) in [5, 5.41) is 10.5. The lowest BCUT2D eigenvalue weighted by Crippen LogP contribution is -1.98. The maximum absolute atomic E-state index is 10.5. The molecule has 1 aromatic rings. The van der Waals surface area contributed by atoms with Gasteiger partial charge in [0.15, 0.2) is 0 Å². The summed E-state index contributed by atoms with van der Waals surface area (Å²) in [4.78, 5) is 0. The maximum atomic E-state index is 10.5. The molecule has 0 aliphatic heterocycles.